The van der Waals surface area contributed by atoms with Crippen LogP contribution in [0.1, 0.15) is 0 Å². The van der Waals surface area contributed by atoms with Crippen molar-refractivity contribution in [3.63, 3.8) is 0 Å². The highest BCUT2D eigenvalue weighted by molar-refractivity contribution is 6.11. The molecular formula is C58H39N3. The molecular weight excluding hydrogens is 739 g/mol. The van der Waals surface area contributed by atoms with Crippen molar-refractivity contribution in [1.29, 1.82) is 0 Å². The van der Waals surface area contributed by atoms with Crippen LogP contribution in [0.3, 0.4) is 0 Å². The first kappa shape index (κ1) is 34.9. The average Bonchev–Trinajstić information content (AvgIpc) is 3.85. The van der Waals surface area contributed by atoms with E-state index in [9.17, 15) is 0 Å². The summed E-state index contributed by atoms with van der Waals surface area (Å²) in [6, 6.07) is 86.0. The van der Waals surface area contributed by atoms with Crippen LogP contribution in [0.15, 0.2) is 237 Å². The molecule has 0 saturated heterocycles. The lowest BCUT2D eigenvalue weighted by atomic mass is 9.95. The molecule has 12 aromatic rings. The zero-order valence-electron chi connectivity index (χ0n) is 33.4. The summed E-state index contributed by atoms with van der Waals surface area (Å²) in [7, 11) is 0. The number of anilines is 3. The fraction of sp³-hybridized carbons (Fsp3) is 0. The minimum atomic E-state index is 1.07. The zero-order chi connectivity index (χ0) is 40.3. The van der Waals surface area contributed by atoms with Crippen LogP contribution in [0.2, 0.25) is 0 Å². The second-order valence-corrected chi connectivity index (χ2v) is 15.7. The molecule has 0 amide bonds. The van der Waals surface area contributed by atoms with Crippen molar-refractivity contribution in [3.05, 3.63) is 237 Å². The summed E-state index contributed by atoms with van der Waals surface area (Å²) in [5, 5.41) is 7.42. The third-order valence-electron chi connectivity index (χ3n) is 12.3. The molecule has 2 heterocycles. The van der Waals surface area contributed by atoms with E-state index in [2.05, 4.69) is 251 Å². The third-order valence-corrected chi connectivity index (χ3v) is 12.3. The summed E-state index contributed by atoms with van der Waals surface area (Å²) in [6.45, 7) is 0. The summed E-state index contributed by atoms with van der Waals surface area (Å²) < 4.78 is 4.81. The van der Waals surface area contributed by atoms with E-state index in [1.165, 1.54) is 71.1 Å². The molecule has 0 aliphatic rings. The SMILES string of the molecule is c1ccc(-c2cccc(N(c3ccc(-n4c5ccccc5c5ccccc54)cc3)c3ccccc3-c3cc(-n4c5ccccc5c5ccccc54)cc4ccccc34)c2)cc1. The van der Waals surface area contributed by atoms with Crippen LogP contribution >= 0.6 is 0 Å². The van der Waals surface area contributed by atoms with Crippen molar-refractivity contribution in [2.75, 3.05) is 4.90 Å². The van der Waals surface area contributed by atoms with Crippen LogP contribution in [0.5, 0.6) is 0 Å². The molecule has 3 heteroatoms. The molecule has 61 heavy (non-hydrogen) atoms. The van der Waals surface area contributed by atoms with Gasteiger partial charge in [-0.05, 0) is 106 Å². The molecule has 0 unspecified atom stereocenters. The lowest BCUT2D eigenvalue weighted by molar-refractivity contribution is 1.17. The van der Waals surface area contributed by atoms with E-state index in [1.807, 2.05) is 0 Å². The van der Waals surface area contributed by atoms with Gasteiger partial charge in [0.1, 0.15) is 0 Å². The summed E-state index contributed by atoms with van der Waals surface area (Å²) in [6.07, 6.45) is 0. The Bertz CT molecular complexity index is 3490. The minimum Gasteiger partial charge on any atom is -0.310 e. The highest BCUT2D eigenvalue weighted by Gasteiger charge is 2.21. The number of para-hydroxylation sites is 5. The Morgan fingerprint density at radius 3 is 1.39 bits per heavy atom. The van der Waals surface area contributed by atoms with E-state index in [-0.39, 0.29) is 0 Å². The van der Waals surface area contributed by atoms with Crippen LogP contribution < -0.4 is 4.90 Å². The van der Waals surface area contributed by atoms with Crippen LogP contribution in [-0.2, 0) is 0 Å². The van der Waals surface area contributed by atoms with E-state index >= 15 is 0 Å². The third kappa shape index (κ3) is 5.74. The molecule has 2 aromatic heterocycles. The predicted octanol–water partition coefficient (Wildman–Crippen LogP) is 15.8. The average molecular weight is 778 g/mol. The molecule has 0 spiro atoms. The number of benzene rings is 10. The van der Waals surface area contributed by atoms with Crippen LogP contribution in [0.4, 0.5) is 17.1 Å². The topological polar surface area (TPSA) is 13.1 Å². The lowest BCUT2D eigenvalue weighted by Crippen LogP contribution is -2.11. The molecule has 286 valence electrons. The van der Waals surface area contributed by atoms with E-state index in [0.717, 1.165) is 34.0 Å². The Balaban J connectivity index is 1.08. The molecule has 0 N–H and O–H groups in total. The first-order valence-electron chi connectivity index (χ1n) is 20.9. The Hall–Kier alpha value is -8.14. The van der Waals surface area contributed by atoms with Crippen molar-refractivity contribution >= 4 is 71.4 Å². The lowest BCUT2D eigenvalue weighted by Gasteiger charge is -2.29. The van der Waals surface area contributed by atoms with Gasteiger partial charge >= 0.3 is 0 Å². The normalized spacial score (nSPS) is 11.6. The maximum Gasteiger partial charge on any atom is 0.0541 e. The predicted molar refractivity (Wildman–Crippen MR) is 258 cm³/mol. The monoisotopic (exact) mass is 777 g/mol. The van der Waals surface area contributed by atoms with Crippen molar-refractivity contribution in [2.24, 2.45) is 0 Å². The standard InChI is InChI=1S/C58H39N3/c1-2-17-40(18-3-1)41-20-16-21-45(37-41)59(43-33-35-44(36-34-43)60-55-29-12-6-23-48(55)49-24-7-13-30-56(49)60)54-28-11-10-27-52(54)53-39-46(38-42-19-4-5-22-47(42)53)61-57-31-14-8-25-50(57)51-26-9-15-32-58(51)61/h1-39H. The molecule has 0 aliphatic carbocycles. The Morgan fingerprint density at radius 2 is 0.770 bits per heavy atom. The number of hydrogen-bond donors (Lipinski definition) is 0. The van der Waals surface area contributed by atoms with Gasteiger partial charge < -0.3 is 14.0 Å². The van der Waals surface area contributed by atoms with Gasteiger partial charge in [0, 0.05) is 49.9 Å². The van der Waals surface area contributed by atoms with Crippen LogP contribution in [-0.4, -0.2) is 9.13 Å². The fourth-order valence-corrected chi connectivity index (χ4v) is 9.58. The summed E-state index contributed by atoms with van der Waals surface area (Å²) in [5.74, 6) is 0. The summed E-state index contributed by atoms with van der Waals surface area (Å²) in [4.78, 5) is 2.43. The molecule has 10 aromatic carbocycles. The molecule has 0 radical (unpaired) electrons. The van der Waals surface area contributed by atoms with Crippen molar-refractivity contribution in [3.8, 4) is 33.6 Å². The molecule has 0 fully saturated rings. The molecule has 12 rings (SSSR count). The molecule has 0 bridgehead atoms. The van der Waals surface area contributed by atoms with E-state index < -0.39 is 0 Å². The maximum atomic E-state index is 2.43. The largest absolute Gasteiger partial charge is 0.310 e. The van der Waals surface area contributed by atoms with Gasteiger partial charge in [0.2, 0.25) is 0 Å². The molecule has 0 saturated carbocycles. The Kier molecular flexibility index (Phi) is 8.17. The van der Waals surface area contributed by atoms with Crippen molar-refractivity contribution in [2.45, 2.75) is 0 Å². The van der Waals surface area contributed by atoms with Gasteiger partial charge in [0.15, 0.2) is 0 Å². The zero-order valence-corrected chi connectivity index (χ0v) is 33.4. The van der Waals surface area contributed by atoms with E-state index in [1.54, 1.807) is 0 Å². The van der Waals surface area contributed by atoms with Crippen molar-refractivity contribution in [1.82, 2.24) is 9.13 Å². The van der Waals surface area contributed by atoms with Gasteiger partial charge in [0.25, 0.3) is 0 Å². The van der Waals surface area contributed by atoms with Crippen LogP contribution in [0.25, 0.3) is 88.0 Å². The summed E-state index contributed by atoms with van der Waals surface area (Å²) in [5.41, 5.74) is 15.0. The van der Waals surface area contributed by atoms with Crippen molar-refractivity contribution < 1.29 is 0 Å². The first-order chi connectivity index (χ1) is 30.3. The fourth-order valence-electron chi connectivity index (χ4n) is 9.58. The van der Waals surface area contributed by atoms with Gasteiger partial charge in [-0.15, -0.1) is 0 Å². The highest BCUT2D eigenvalue weighted by Crippen LogP contribution is 2.45. The number of rotatable bonds is 7. The second-order valence-electron chi connectivity index (χ2n) is 15.7. The Morgan fingerprint density at radius 1 is 0.279 bits per heavy atom. The minimum absolute atomic E-state index is 1.07. The maximum absolute atomic E-state index is 2.43. The number of nitrogens with zero attached hydrogens (tertiary/aromatic N) is 3. The Labute approximate surface area is 354 Å². The summed E-state index contributed by atoms with van der Waals surface area (Å²) >= 11 is 0. The second kappa shape index (κ2) is 14.3. The van der Waals surface area contributed by atoms with Gasteiger partial charge in [-0.1, -0.05) is 158 Å². The van der Waals surface area contributed by atoms with E-state index in [4.69, 9.17) is 0 Å². The number of hydrogen-bond acceptors (Lipinski definition) is 1. The molecule has 3 nitrogen and oxygen atoms in total. The molecule has 0 atom stereocenters. The van der Waals surface area contributed by atoms with Gasteiger partial charge in [0.05, 0.1) is 27.8 Å². The smallest absolute Gasteiger partial charge is 0.0541 e. The highest BCUT2D eigenvalue weighted by atomic mass is 15.1. The van der Waals surface area contributed by atoms with E-state index in [0.29, 0.717) is 0 Å². The van der Waals surface area contributed by atoms with Gasteiger partial charge in [-0.25, -0.2) is 0 Å². The number of fused-ring (bicyclic) bond motifs is 7. The van der Waals surface area contributed by atoms with Gasteiger partial charge in [-0.3, -0.25) is 0 Å². The van der Waals surface area contributed by atoms with Gasteiger partial charge in [-0.2, -0.15) is 0 Å². The van der Waals surface area contributed by atoms with Crippen LogP contribution in [0, 0.1) is 0 Å². The number of aromatic nitrogens is 2. The molecule has 0 aliphatic heterocycles. The first-order valence-corrected chi connectivity index (χ1v) is 20.9. The quantitative estimate of drug-likeness (QED) is 0.157.